The zero-order chi connectivity index (χ0) is 15.7. The van der Waals surface area contributed by atoms with Crippen LogP contribution in [0.4, 0.5) is 0 Å². The van der Waals surface area contributed by atoms with Gasteiger partial charge in [-0.05, 0) is 73.2 Å². The molecular formula is C19H28O3. The number of carbonyl (C=O) groups is 1. The van der Waals surface area contributed by atoms with Crippen LogP contribution in [0.1, 0.15) is 52.4 Å². The molecule has 0 spiro atoms. The minimum absolute atomic E-state index is 0.0505. The molecular weight excluding hydrogens is 276 g/mol. The van der Waals surface area contributed by atoms with Gasteiger partial charge in [0.1, 0.15) is 6.10 Å². The number of rotatable bonds is 0. The van der Waals surface area contributed by atoms with Crippen molar-refractivity contribution in [2.24, 2.45) is 34.5 Å². The molecule has 0 radical (unpaired) electrons. The van der Waals surface area contributed by atoms with E-state index in [1.165, 1.54) is 0 Å². The second kappa shape index (κ2) is 4.67. The molecule has 4 aliphatic carbocycles. The van der Waals surface area contributed by atoms with Crippen molar-refractivity contribution in [1.82, 2.24) is 0 Å². The molecule has 0 aromatic rings. The van der Waals surface area contributed by atoms with Crippen molar-refractivity contribution in [3.8, 4) is 0 Å². The van der Waals surface area contributed by atoms with Crippen LogP contribution in [0.2, 0.25) is 0 Å². The first kappa shape index (κ1) is 14.9. The topological polar surface area (TPSA) is 57.5 Å². The fourth-order valence-corrected chi connectivity index (χ4v) is 6.70. The first-order valence-corrected chi connectivity index (χ1v) is 8.97. The number of fused-ring (bicyclic) bond motifs is 5. The number of ketones is 1. The minimum atomic E-state index is -0.807. The summed E-state index contributed by atoms with van der Waals surface area (Å²) in [6, 6.07) is 0. The third kappa shape index (κ3) is 1.73. The van der Waals surface area contributed by atoms with Gasteiger partial charge in [0, 0.05) is 5.92 Å². The average Bonchev–Trinajstić information content (AvgIpc) is 2.79. The first-order chi connectivity index (χ1) is 10.4. The molecule has 3 fully saturated rings. The molecule has 4 rings (SSSR count). The van der Waals surface area contributed by atoms with Crippen molar-refractivity contribution in [2.75, 3.05) is 0 Å². The maximum absolute atomic E-state index is 11.9. The van der Waals surface area contributed by atoms with Gasteiger partial charge >= 0.3 is 0 Å². The van der Waals surface area contributed by atoms with Crippen LogP contribution in [0.5, 0.6) is 0 Å². The summed E-state index contributed by atoms with van der Waals surface area (Å²) in [6.45, 7) is 4.55. The highest BCUT2D eigenvalue weighted by atomic mass is 16.3. The molecule has 1 unspecified atom stereocenters. The zero-order valence-corrected chi connectivity index (χ0v) is 13.7. The molecule has 122 valence electrons. The standard InChI is InChI=1S/C19H28O3/c1-18-10-8-15(20)17(22)14(18)4-3-11-12-5-6-16(21)19(12,2)9-7-13(11)18/h8,10-14,16-17,21-22H,3-7,9H2,1-2H3/t11-,12-,13-,14?,16-,17-,18+,19-/m0/s1. The molecule has 8 atom stereocenters. The summed E-state index contributed by atoms with van der Waals surface area (Å²) in [7, 11) is 0. The molecule has 22 heavy (non-hydrogen) atoms. The maximum atomic E-state index is 11.9. The second-order valence-electron chi connectivity index (χ2n) is 8.74. The highest BCUT2D eigenvalue weighted by molar-refractivity contribution is 5.94. The molecule has 0 aromatic carbocycles. The van der Waals surface area contributed by atoms with Gasteiger partial charge in [0.15, 0.2) is 5.78 Å². The van der Waals surface area contributed by atoms with Crippen LogP contribution in [0.3, 0.4) is 0 Å². The van der Waals surface area contributed by atoms with Crippen LogP contribution < -0.4 is 0 Å². The van der Waals surface area contributed by atoms with Gasteiger partial charge in [0.25, 0.3) is 0 Å². The molecule has 4 aliphatic rings. The van der Waals surface area contributed by atoms with E-state index >= 15 is 0 Å². The molecule has 0 saturated heterocycles. The van der Waals surface area contributed by atoms with Gasteiger partial charge in [-0.25, -0.2) is 0 Å². The average molecular weight is 304 g/mol. The van der Waals surface area contributed by atoms with Gasteiger partial charge < -0.3 is 10.2 Å². The molecule has 0 aromatic heterocycles. The zero-order valence-electron chi connectivity index (χ0n) is 13.7. The van der Waals surface area contributed by atoms with Crippen molar-refractivity contribution in [3.05, 3.63) is 12.2 Å². The van der Waals surface area contributed by atoms with E-state index < -0.39 is 6.10 Å². The maximum Gasteiger partial charge on any atom is 0.184 e. The van der Waals surface area contributed by atoms with E-state index in [4.69, 9.17) is 0 Å². The molecule has 3 saturated carbocycles. The molecule has 0 bridgehead atoms. The summed E-state index contributed by atoms with van der Waals surface area (Å²) >= 11 is 0. The summed E-state index contributed by atoms with van der Waals surface area (Å²) in [5.74, 6) is 1.78. The molecule has 3 heteroatoms. The Labute approximate surface area is 132 Å². The Morgan fingerprint density at radius 1 is 1.00 bits per heavy atom. The number of aliphatic hydroxyl groups excluding tert-OH is 2. The van der Waals surface area contributed by atoms with E-state index in [-0.39, 0.29) is 28.6 Å². The van der Waals surface area contributed by atoms with Gasteiger partial charge in [0.2, 0.25) is 0 Å². The van der Waals surface area contributed by atoms with Gasteiger partial charge in [-0.2, -0.15) is 0 Å². The third-order valence-corrected chi connectivity index (χ3v) is 8.08. The van der Waals surface area contributed by atoms with Gasteiger partial charge in [-0.1, -0.05) is 19.9 Å². The monoisotopic (exact) mass is 304 g/mol. The number of hydrogen-bond acceptors (Lipinski definition) is 3. The molecule has 3 nitrogen and oxygen atoms in total. The normalized spacial score (nSPS) is 57.2. The lowest BCUT2D eigenvalue weighted by Crippen LogP contribution is -2.56. The lowest BCUT2D eigenvalue weighted by Gasteiger charge is -2.59. The Morgan fingerprint density at radius 3 is 2.50 bits per heavy atom. The van der Waals surface area contributed by atoms with E-state index in [1.807, 2.05) is 0 Å². The van der Waals surface area contributed by atoms with Crippen LogP contribution in [-0.4, -0.2) is 28.2 Å². The van der Waals surface area contributed by atoms with Crippen molar-refractivity contribution < 1.29 is 15.0 Å². The highest BCUT2D eigenvalue weighted by Gasteiger charge is 2.60. The Balaban J connectivity index is 1.70. The Morgan fingerprint density at radius 2 is 1.73 bits per heavy atom. The fraction of sp³-hybridized carbons (Fsp3) is 0.842. The second-order valence-corrected chi connectivity index (χ2v) is 8.74. The summed E-state index contributed by atoms with van der Waals surface area (Å²) in [5.41, 5.74) is 0.0439. The highest BCUT2D eigenvalue weighted by Crippen LogP contribution is 2.65. The Bertz CT molecular complexity index is 527. The van der Waals surface area contributed by atoms with Crippen LogP contribution in [0.15, 0.2) is 12.2 Å². The smallest absolute Gasteiger partial charge is 0.184 e. The van der Waals surface area contributed by atoms with Crippen LogP contribution in [-0.2, 0) is 4.79 Å². The SMILES string of the molecule is C[C@]12CC[C@H]3[C@@H](CCC4[C@H](O)C(=O)C=C[C@@]43C)[C@@H]1CC[C@@H]2O. The van der Waals surface area contributed by atoms with E-state index in [0.29, 0.717) is 17.8 Å². The molecule has 2 N–H and O–H groups in total. The summed E-state index contributed by atoms with van der Waals surface area (Å²) < 4.78 is 0. The molecule has 0 amide bonds. The molecule has 0 heterocycles. The van der Waals surface area contributed by atoms with Crippen molar-refractivity contribution in [3.63, 3.8) is 0 Å². The predicted molar refractivity (Wildman–Crippen MR) is 84.0 cm³/mol. The fourth-order valence-electron chi connectivity index (χ4n) is 6.70. The van der Waals surface area contributed by atoms with Crippen LogP contribution >= 0.6 is 0 Å². The molecule has 0 aliphatic heterocycles. The Kier molecular flexibility index (Phi) is 3.16. The summed E-state index contributed by atoms with van der Waals surface area (Å²) in [5, 5.41) is 20.8. The van der Waals surface area contributed by atoms with Gasteiger partial charge in [-0.3, -0.25) is 4.79 Å². The summed E-state index contributed by atoms with van der Waals surface area (Å²) in [4.78, 5) is 11.9. The van der Waals surface area contributed by atoms with Crippen molar-refractivity contribution in [2.45, 2.75) is 64.6 Å². The van der Waals surface area contributed by atoms with E-state index in [1.54, 1.807) is 6.08 Å². The first-order valence-electron chi connectivity index (χ1n) is 8.97. The van der Waals surface area contributed by atoms with Gasteiger partial charge in [-0.15, -0.1) is 0 Å². The minimum Gasteiger partial charge on any atom is -0.393 e. The van der Waals surface area contributed by atoms with Crippen molar-refractivity contribution in [1.29, 1.82) is 0 Å². The number of hydrogen-bond donors (Lipinski definition) is 2. The van der Waals surface area contributed by atoms with E-state index in [2.05, 4.69) is 19.9 Å². The quantitative estimate of drug-likeness (QED) is 0.723. The van der Waals surface area contributed by atoms with Gasteiger partial charge in [0.05, 0.1) is 6.10 Å². The van der Waals surface area contributed by atoms with Crippen LogP contribution in [0.25, 0.3) is 0 Å². The van der Waals surface area contributed by atoms with Crippen LogP contribution in [0, 0.1) is 34.5 Å². The van der Waals surface area contributed by atoms with Crippen molar-refractivity contribution >= 4 is 5.78 Å². The summed E-state index contributed by atoms with van der Waals surface area (Å²) in [6.07, 6.45) is 9.13. The largest absolute Gasteiger partial charge is 0.393 e. The number of carbonyl (C=O) groups excluding carboxylic acids is 1. The number of aliphatic hydroxyl groups is 2. The lowest BCUT2D eigenvalue weighted by atomic mass is 9.46. The Hall–Kier alpha value is -0.670. The third-order valence-electron chi connectivity index (χ3n) is 8.08. The lowest BCUT2D eigenvalue weighted by molar-refractivity contribution is -0.142. The van der Waals surface area contributed by atoms with E-state index in [0.717, 1.165) is 38.5 Å². The number of allylic oxidation sites excluding steroid dienone is 1. The predicted octanol–water partition coefficient (Wildman–Crippen LogP) is 2.71. The van der Waals surface area contributed by atoms with E-state index in [9.17, 15) is 15.0 Å².